The van der Waals surface area contributed by atoms with Gasteiger partial charge in [0, 0.05) is 12.6 Å². The largest absolute Gasteiger partial charge is 0.387 e. The van der Waals surface area contributed by atoms with Crippen LogP contribution in [0.15, 0.2) is 36.9 Å². The Morgan fingerprint density at radius 1 is 1.28 bits per heavy atom. The summed E-state index contributed by atoms with van der Waals surface area (Å²) < 4.78 is 1.65. The topological polar surface area (TPSA) is 92.1 Å². The highest BCUT2D eigenvalue weighted by Gasteiger charge is 2.15. The molecule has 1 aromatic carbocycles. The molecule has 2 unspecified atom stereocenters. The van der Waals surface area contributed by atoms with Crippen LogP contribution in [0, 0.1) is 0 Å². The zero-order valence-electron chi connectivity index (χ0n) is 15.2. The normalized spacial score (nSPS) is 14.0. The van der Waals surface area contributed by atoms with Gasteiger partial charge in [0.15, 0.2) is 0 Å². The molecule has 1 aromatic heterocycles. The number of carbonyl (C=O) groups is 1. The molecule has 0 aliphatic carbocycles. The van der Waals surface area contributed by atoms with Crippen LogP contribution in [0.1, 0.15) is 44.9 Å². The zero-order valence-corrected chi connectivity index (χ0v) is 15.2. The number of hydrogen-bond donors (Lipinski definition) is 3. The summed E-state index contributed by atoms with van der Waals surface area (Å²) in [5.41, 5.74) is 2.06. The summed E-state index contributed by atoms with van der Waals surface area (Å²) in [6, 6.07) is 7.40. The highest BCUT2D eigenvalue weighted by Crippen LogP contribution is 2.23. The number of nitrogens with one attached hydrogen (secondary N) is 2. The molecular formula is C18H27N5O2. The third kappa shape index (κ3) is 5.86. The Morgan fingerprint density at radius 3 is 2.52 bits per heavy atom. The number of aromatic nitrogens is 3. The minimum Gasteiger partial charge on any atom is -0.387 e. The first-order valence-electron chi connectivity index (χ1n) is 8.41. The van der Waals surface area contributed by atoms with Crippen LogP contribution in [0.5, 0.6) is 0 Å². The molecule has 25 heavy (non-hydrogen) atoms. The highest BCUT2D eigenvalue weighted by molar-refractivity contribution is 5.74. The zero-order chi connectivity index (χ0) is 18.4. The van der Waals surface area contributed by atoms with Gasteiger partial charge >= 0.3 is 6.03 Å². The molecule has 1 heterocycles. The first-order valence-corrected chi connectivity index (χ1v) is 8.41. The molecule has 2 aromatic rings. The van der Waals surface area contributed by atoms with Crippen LogP contribution in [0.3, 0.4) is 0 Å². The number of hydrogen-bond acceptors (Lipinski definition) is 4. The fourth-order valence-electron chi connectivity index (χ4n) is 2.44. The van der Waals surface area contributed by atoms with E-state index in [1.807, 2.05) is 31.2 Å². The van der Waals surface area contributed by atoms with Crippen LogP contribution < -0.4 is 10.6 Å². The molecule has 2 atom stereocenters. The molecule has 0 bridgehead atoms. The van der Waals surface area contributed by atoms with E-state index in [4.69, 9.17) is 0 Å². The van der Waals surface area contributed by atoms with Gasteiger partial charge in [-0.1, -0.05) is 45.0 Å². The van der Waals surface area contributed by atoms with Gasteiger partial charge < -0.3 is 15.7 Å². The Hall–Kier alpha value is -2.41. The lowest BCUT2D eigenvalue weighted by atomic mass is 9.86. The summed E-state index contributed by atoms with van der Waals surface area (Å²) in [7, 11) is 0. The second-order valence-corrected chi connectivity index (χ2v) is 7.26. The lowest BCUT2D eigenvalue weighted by molar-refractivity contribution is 0.172. The van der Waals surface area contributed by atoms with Crippen molar-refractivity contribution < 1.29 is 9.90 Å². The van der Waals surface area contributed by atoms with Gasteiger partial charge in [0.1, 0.15) is 12.7 Å². The third-order valence-electron chi connectivity index (χ3n) is 3.92. The number of urea groups is 1. The summed E-state index contributed by atoms with van der Waals surface area (Å²) >= 11 is 0. The highest BCUT2D eigenvalue weighted by atomic mass is 16.3. The molecule has 2 rings (SSSR count). The minimum absolute atomic E-state index is 0.0713. The molecule has 0 aliphatic heterocycles. The lowest BCUT2D eigenvalue weighted by Gasteiger charge is -2.20. The van der Waals surface area contributed by atoms with Gasteiger partial charge in [-0.2, -0.15) is 5.10 Å². The van der Waals surface area contributed by atoms with Gasteiger partial charge in [-0.05, 0) is 23.5 Å². The van der Waals surface area contributed by atoms with Gasteiger partial charge in [0.25, 0.3) is 0 Å². The number of rotatable bonds is 6. The van der Waals surface area contributed by atoms with E-state index in [-0.39, 0.29) is 24.0 Å². The van der Waals surface area contributed by atoms with Crippen LogP contribution in [0.2, 0.25) is 0 Å². The molecule has 0 saturated heterocycles. The van der Waals surface area contributed by atoms with Gasteiger partial charge in [-0.15, -0.1) is 0 Å². The van der Waals surface area contributed by atoms with Crippen molar-refractivity contribution >= 4 is 6.03 Å². The predicted molar refractivity (Wildman–Crippen MR) is 96.1 cm³/mol. The fourth-order valence-corrected chi connectivity index (χ4v) is 2.44. The monoisotopic (exact) mass is 345 g/mol. The quantitative estimate of drug-likeness (QED) is 0.747. The molecular weight excluding hydrogens is 318 g/mol. The maximum absolute atomic E-state index is 11.9. The third-order valence-corrected chi connectivity index (χ3v) is 3.92. The van der Waals surface area contributed by atoms with Gasteiger partial charge in [0.05, 0.1) is 12.6 Å². The molecule has 0 saturated carbocycles. The maximum Gasteiger partial charge on any atom is 0.315 e. The minimum atomic E-state index is -0.745. The van der Waals surface area contributed by atoms with Crippen LogP contribution in [0.4, 0.5) is 4.79 Å². The Labute approximate surface area is 148 Å². The Balaban J connectivity index is 1.78. The van der Waals surface area contributed by atoms with Crippen LogP contribution in [-0.2, 0) is 12.0 Å². The summed E-state index contributed by atoms with van der Waals surface area (Å²) in [5, 5.41) is 19.7. The predicted octanol–water partition coefficient (Wildman–Crippen LogP) is 2.00. The number of aliphatic hydroxyl groups excluding tert-OH is 1. The van der Waals surface area contributed by atoms with E-state index in [1.165, 1.54) is 11.9 Å². The van der Waals surface area contributed by atoms with Crippen molar-refractivity contribution in [2.24, 2.45) is 0 Å². The number of amides is 2. The molecule has 0 fully saturated rings. The Bertz CT molecular complexity index is 662. The summed E-state index contributed by atoms with van der Waals surface area (Å²) in [4.78, 5) is 15.8. The van der Waals surface area contributed by atoms with Crippen LogP contribution in [-0.4, -0.2) is 38.5 Å². The first kappa shape index (κ1) is 18.9. The van der Waals surface area contributed by atoms with Crippen molar-refractivity contribution in [1.29, 1.82) is 0 Å². The van der Waals surface area contributed by atoms with Crippen molar-refractivity contribution in [2.45, 2.75) is 51.8 Å². The fraction of sp³-hybridized carbons (Fsp3) is 0.500. The van der Waals surface area contributed by atoms with E-state index in [1.54, 1.807) is 11.0 Å². The standard InChI is InChI=1S/C18H27N5O2/c1-13(10-23-12-19-11-21-23)22-17(25)20-9-16(24)14-5-7-15(8-6-14)18(2,3)4/h5-8,11-13,16,24H,9-10H2,1-4H3,(H2,20,22,25). The second-order valence-electron chi connectivity index (χ2n) is 7.26. The van der Waals surface area contributed by atoms with E-state index >= 15 is 0 Å². The van der Waals surface area contributed by atoms with Crippen LogP contribution >= 0.6 is 0 Å². The SMILES string of the molecule is CC(Cn1cncn1)NC(=O)NCC(O)c1ccc(C(C)(C)C)cc1. The van der Waals surface area contributed by atoms with Crippen molar-refractivity contribution in [3.8, 4) is 0 Å². The molecule has 7 heteroatoms. The summed E-state index contributed by atoms with van der Waals surface area (Å²) in [6.45, 7) is 8.99. The van der Waals surface area contributed by atoms with E-state index in [9.17, 15) is 9.90 Å². The maximum atomic E-state index is 11.9. The second kappa shape index (κ2) is 8.11. The summed E-state index contributed by atoms with van der Waals surface area (Å²) in [5.74, 6) is 0. The molecule has 0 aliphatic rings. The number of benzene rings is 1. The average molecular weight is 345 g/mol. The lowest BCUT2D eigenvalue weighted by Crippen LogP contribution is -2.43. The average Bonchev–Trinajstić information content (AvgIpc) is 3.04. The van der Waals surface area contributed by atoms with Crippen molar-refractivity contribution in [1.82, 2.24) is 25.4 Å². The van der Waals surface area contributed by atoms with Gasteiger partial charge in [0.2, 0.25) is 0 Å². The van der Waals surface area contributed by atoms with Gasteiger partial charge in [-0.25, -0.2) is 9.78 Å². The number of carbonyl (C=O) groups excluding carboxylic acids is 1. The van der Waals surface area contributed by atoms with E-state index in [0.717, 1.165) is 5.56 Å². The van der Waals surface area contributed by atoms with Crippen LogP contribution in [0.25, 0.3) is 0 Å². The number of nitrogens with zero attached hydrogens (tertiary/aromatic N) is 3. The molecule has 136 valence electrons. The number of aliphatic hydroxyl groups is 1. The van der Waals surface area contributed by atoms with Crippen molar-refractivity contribution in [2.75, 3.05) is 6.54 Å². The molecule has 0 spiro atoms. The Morgan fingerprint density at radius 2 is 1.96 bits per heavy atom. The van der Waals surface area contributed by atoms with Gasteiger partial charge in [-0.3, -0.25) is 4.68 Å². The Kier molecular flexibility index (Phi) is 6.14. The molecule has 7 nitrogen and oxygen atoms in total. The molecule has 3 N–H and O–H groups in total. The van der Waals surface area contributed by atoms with Crippen molar-refractivity contribution in [3.05, 3.63) is 48.0 Å². The smallest absolute Gasteiger partial charge is 0.315 e. The van der Waals surface area contributed by atoms with E-state index in [2.05, 4.69) is 41.5 Å². The summed E-state index contributed by atoms with van der Waals surface area (Å²) in [6.07, 6.45) is 2.31. The van der Waals surface area contributed by atoms with E-state index in [0.29, 0.717) is 6.54 Å². The molecule has 2 amide bonds. The first-order chi connectivity index (χ1) is 11.8. The van der Waals surface area contributed by atoms with Crippen molar-refractivity contribution in [3.63, 3.8) is 0 Å². The molecule has 0 radical (unpaired) electrons. The van der Waals surface area contributed by atoms with E-state index < -0.39 is 6.10 Å².